The second-order valence-corrected chi connectivity index (χ2v) is 6.80. The van der Waals surface area contributed by atoms with Crippen LogP contribution in [0.3, 0.4) is 0 Å². The molecule has 2 N–H and O–H groups in total. The Morgan fingerprint density at radius 3 is 2.88 bits per heavy atom. The average molecular weight is 240 g/mol. The van der Waals surface area contributed by atoms with E-state index in [0.717, 1.165) is 16.8 Å². The van der Waals surface area contributed by atoms with Gasteiger partial charge in [-0.1, -0.05) is 17.2 Å². The van der Waals surface area contributed by atoms with Crippen LogP contribution < -0.4 is 4.74 Å². The minimum atomic E-state index is -1.79. The third-order valence-corrected chi connectivity index (χ3v) is 4.80. The number of hydrogen-bond acceptors (Lipinski definition) is 3. The van der Waals surface area contributed by atoms with Crippen LogP contribution >= 0.6 is 10.3 Å². The standard InChI is InChI=1S/C11H16N2O2S/c1-4-16(3,14)11-12-9-6-5-8(15-2)7-10(9)13-11/h5-7,14H,4H2,1-3H3,(H,12,13). The molecule has 0 aliphatic rings. The van der Waals surface area contributed by atoms with Gasteiger partial charge in [0.05, 0.1) is 18.1 Å². The molecule has 0 saturated heterocycles. The number of aromatic nitrogens is 2. The first-order valence-corrected chi connectivity index (χ1v) is 7.26. The van der Waals surface area contributed by atoms with Crippen molar-refractivity contribution in [2.24, 2.45) is 0 Å². The molecule has 1 aromatic heterocycles. The highest BCUT2D eigenvalue weighted by Crippen LogP contribution is 2.46. The van der Waals surface area contributed by atoms with Crippen molar-refractivity contribution < 1.29 is 9.29 Å². The summed E-state index contributed by atoms with van der Waals surface area (Å²) in [6.45, 7) is 1.96. The lowest BCUT2D eigenvalue weighted by atomic mass is 10.3. The fourth-order valence-corrected chi connectivity index (χ4v) is 2.34. The highest BCUT2D eigenvalue weighted by molar-refractivity contribution is 8.28. The second-order valence-electron chi connectivity index (χ2n) is 3.75. The Labute approximate surface area is 96.2 Å². The fourth-order valence-electron chi connectivity index (χ4n) is 1.44. The molecule has 2 aromatic rings. The molecular weight excluding hydrogens is 224 g/mol. The lowest BCUT2D eigenvalue weighted by Crippen LogP contribution is -2.01. The molecule has 0 amide bonds. The lowest BCUT2D eigenvalue weighted by Gasteiger charge is -2.23. The Morgan fingerprint density at radius 1 is 1.50 bits per heavy atom. The van der Waals surface area contributed by atoms with E-state index in [-0.39, 0.29) is 0 Å². The van der Waals surface area contributed by atoms with E-state index in [1.807, 2.05) is 31.4 Å². The lowest BCUT2D eigenvalue weighted by molar-refractivity contribution is 0.415. The topological polar surface area (TPSA) is 58.1 Å². The fraction of sp³-hybridized carbons (Fsp3) is 0.364. The number of rotatable bonds is 3. The summed E-state index contributed by atoms with van der Waals surface area (Å²) in [5, 5.41) is 0.679. The van der Waals surface area contributed by atoms with Gasteiger partial charge in [0.15, 0.2) is 5.16 Å². The maximum absolute atomic E-state index is 10.2. The Hall–Kier alpha value is -1.20. The van der Waals surface area contributed by atoms with Crippen LogP contribution in [0.25, 0.3) is 11.0 Å². The van der Waals surface area contributed by atoms with Crippen LogP contribution in [0.5, 0.6) is 5.75 Å². The molecule has 0 radical (unpaired) electrons. The Kier molecular flexibility index (Phi) is 2.82. The SMILES string of the molecule is CCS(C)(O)c1nc2ccc(OC)cc2[nH]1. The number of nitrogens with zero attached hydrogens (tertiary/aromatic N) is 1. The smallest absolute Gasteiger partial charge is 0.171 e. The first-order chi connectivity index (χ1) is 7.56. The van der Waals surface area contributed by atoms with Gasteiger partial charge in [-0.3, -0.25) is 0 Å². The van der Waals surface area contributed by atoms with Crippen molar-refractivity contribution >= 4 is 21.3 Å². The van der Waals surface area contributed by atoms with Gasteiger partial charge in [0, 0.05) is 11.8 Å². The highest BCUT2D eigenvalue weighted by Gasteiger charge is 2.19. The largest absolute Gasteiger partial charge is 0.497 e. The normalized spacial score (nSPS) is 17.0. The molecule has 1 atom stereocenters. The minimum absolute atomic E-state index is 0.679. The van der Waals surface area contributed by atoms with E-state index in [1.165, 1.54) is 0 Å². The zero-order chi connectivity index (χ0) is 11.8. The molecule has 0 spiro atoms. The molecule has 1 heterocycles. The molecule has 4 nitrogen and oxygen atoms in total. The number of imidazole rings is 1. The molecule has 88 valence electrons. The Balaban J connectivity index is 2.52. The van der Waals surface area contributed by atoms with Crippen molar-refractivity contribution in [3.8, 4) is 5.75 Å². The van der Waals surface area contributed by atoms with Crippen molar-refractivity contribution in [2.45, 2.75) is 12.1 Å². The minimum Gasteiger partial charge on any atom is -0.497 e. The zero-order valence-corrected chi connectivity index (χ0v) is 10.5. The monoisotopic (exact) mass is 240 g/mol. The van der Waals surface area contributed by atoms with Crippen molar-refractivity contribution in [3.63, 3.8) is 0 Å². The van der Waals surface area contributed by atoms with Gasteiger partial charge in [0.1, 0.15) is 5.75 Å². The molecule has 0 aliphatic carbocycles. The van der Waals surface area contributed by atoms with E-state index in [0.29, 0.717) is 10.9 Å². The summed E-state index contributed by atoms with van der Waals surface area (Å²) in [5.41, 5.74) is 1.76. The van der Waals surface area contributed by atoms with Gasteiger partial charge in [0.2, 0.25) is 0 Å². The molecule has 2 rings (SSSR count). The van der Waals surface area contributed by atoms with Crippen LogP contribution in [0.2, 0.25) is 0 Å². The molecule has 0 fully saturated rings. The second kappa shape index (κ2) is 3.99. The van der Waals surface area contributed by atoms with E-state index in [4.69, 9.17) is 4.74 Å². The Bertz CT molecular complexity index is 508. The maximum atomic E-state index is 10.2. The number of fused-ring (bicyclic) bond motifs is 1. The first-order valence-electron chi connectivity index (χ1n) is 5.09. The van der Waals surface area contributed by atoms with Crippen molar-refractivity contribution in [3.05, 3.63) is 18.2 Å². The van der Waals surface area contributed by atoms with Gasteiger partial charge in [-0.15, -0.1) is 0 Å². The third kappa shape index (κ3) is 1.88. The molecule has 16 heavy (non-hydrogen) atoms. The van der Waals surface area contributed by atoms with Crippen LogP contribution in [-0.2, 0) is 0 Å². The summed E-state index contributed by atoms with van der Waals surface area (Å²) in [4.78, 5) is 7.56. The van der Waals surface area contributed by atoms with E-state index in [2.05, 4.69) is 9.97 Å². The number of hydrogen-bond donors (Lipinski definition) is 2. The summed E-state index contributed by atoms with van der Waals surface area (Å²) >= 11 is 0. The van der Waals surface area contributed by atoms with E-state index in [1.54, 1.807) is 7.11 Å². The highest BCUT2D eigenvalue weighted by atomic mass is 32.3. The van der Waals surface area contributed by atoms with Gasteiger partial charge < -0.3 is 14.3 Å². The van der Waals surface area contributed by atoms with Crippen LogP contribution in [-0.4, -0.2) is 33.6 Å². The number of aromatic amines is 1. The summed E-state index contributed by atoms with van der Waals surface area (Å²) in [6.07, 6.45) is 1.84. The molecular formula is C11H16N2O2S. The van der Waals surface area contributed by atoms with Gasteiger partial charge in [-0.25, -0.2) is 4.98 Å². The molecule has 0 saturated carbocycles. The van der Waals surface area contributed by atoms with Gasteiger partial charge in [-0.05, 0) is 18.4 Å². The van der Waals surface area contributed by atoms with Crippen LogP contribution in [0.15, 0.2) is 23.4 Å². The van der Waals surface area contributed by atoms with Gasteiger partial charge in [0.25, 0.3) is 0 Å². The third-order valence-electron chi connectivity index (χ3n) is 2.65. The van der Waals surface area contributed by atoms with Crippen molar-refractivity contribution in [1.82, 2.24) is 9.97 Å². The zero-order valence-electron chi connectivity index (χ0n) is 9.65. The van der Waals surface area contributed by atoms with Gasteiger partial charge in [-0.2, -0.15) is 0 Å². The quantitative estimate of drug-likeness (QED) is 0.867. The predicted molar refractivity (Wildman–Crippen MR) is 67.6 cm³/mol. The van der Waals surface area contributed by atoms with Crippen LogP contribution in [0.1, 0.15) is 6.92 Å². The molecule has 0 bridgehead atoms. The van der Waals surface area contributed by atoms with E-state index >= 15 is 0 Å². The van der Waals surface area contributed by atoms with E-state index in [9.17, 15) is 4.55 Å². The number of nitrogens with one attached hydrogen (secondary N) is 1. The predicted octanol–water partition coefficient (Wildman–Crippen LogP) is 2.86. The molecule has 5 heteroatoms. The first kappa shape index (κ1) is 11.3. The average Bonchev–Trinajstić information content (AvgIpc) is 2.72. The molecule has 1 aromatic carbocycles. The molecule has 1 unspecified atom stereocenters. The van der Waals surface area contributed by atoms with Gasteiger partial charge >= 0.3 is 0 Å². The Morgan fingerprint density at radius 2 is 2.25 bits per heavy atom. The number of H-pyrrole nitrogens is 1. The summed E-state index contributed by atoms with van der Waals surface area (Å²) in [7, 11) is -0.156. The van der Waals surface area contributed by atoms with Crippen molar-refractivity contribution in [2.75, 3.05) is 19.1 Å². The molecule has 0 aliphatic heterocycles. The number of benzene rings is 1. The van der Waals surface area contributed by atoms with Crippen molar-refractivity contribution in [1.29, 1.82) is 0 Å². The number of methoxy groups -OCH3 is 1. The maximum Gasteiger partial charge on any atom is 0.171 e. The number of ether oxygens (including phenoxy) is 1. The summed E-state index contributed by atoms with van der Waals surface area (Å²) < 4.78 is 15.3. The van der Waals surface area contributed by atoms with Crippen LogP contribution in [0.4, 0.5) is 0 Å². The van der Waals surface area contributed by atoms with E-state index < -0.39 is 10.3 Å². The van der Waals surface area contributed by atoms with Crippen LogP contribution in [0, 0.1) is 0 Å². The summed E-state index contributed by atoms with van der Waals surface area (Å²) in [5.74, 6) is 1.48. The summed E-state index contributed by atoms with van der Waals surface area (Å²) in [6, 6.07) is 5.64.